The molecule has 17 N–H and O–H groups in total. The zero-order valence-electron chi connectivity index (χ0n) is 35.0. The van der Waals surface area contributed by atoms with Crippen LogP contribution in [0.15, 0.2) is 4.99 Å². The number of carboxylic acids is 2. The third-order valence-electron chi connectivity index (χ3n) is 9.34. The third-order valence-corrected chi connectivity index (χ3v) is 9.34. The number of hydrogen-bond acceptors (Lipinski definition) is 13. The summed E-state index contributed by atoms with van der Waals surface area (Å²) in [5, 5.41) is 35.3. The maximum atomic E-state index is 13.7. The Morgan fingerprint density at radius 3 is 1.72 bits per heavy atom. The number of aliphatic carboxylic acids is 2. The molecule has 0 unspecified atom stereocenters. The molecule has 25 nitrogen and oxygen atoms in total. The molecule has 0 aliphatic carbocycles. The van der Waals surface area contributed by atoms with Crippen molar-refractivity contribution < 1.29 is 58.2 Å². The molecule has 1 saturated heterocycles. The summed E-state index contributed by atoms with van der Waals surface area (Å²) in [7, 11) is 0. The first kappa shape index (κ1) is 52.9. The molecule has 8 atom stereocenters. The van der Waals surface area contributed by atoms with Crippen molar-refractivity contribution in [2.24, 2.45) is 27.9 Å². The van der Waals surface area contributed by atoms with Gasteiger partial charge in [0.05, 0.1) is 12.6 Å². The van der Waals surface area contributed by atoms with Gasteiger partial charge in [-0.05, 0) is 85.6 Å². The number of carboxylic acid groups (broad SMARTS) is 2. The number of hydrogen-bond donors (Lipinski definition) is 13. The van der Waals surface area contributed by atoms with Gasteiger partial charge >= 0.3 is 11.9 Å². The predicted molar refractivity (Wildman–Crippen MR) is 217 cm³/mol. The zero-order valence-corrected chi connectivity index (χ0v) is 35.0. The van der Waals surface area contributed by atoms with Crippen molar-refractivity contribution in [2.75, 3.05) is 26.2 Å². The lowest BCUT2D eigenvalue weighted by Crippen LogP contribution is -2.59. The first-order valence-corrected chi connectivity index (χ1v) is 19.9. The Labute approximate surface area is 353 Å². The molecular weight excluding hydrogens is 806 g/mol. The molecule has 0 spiro atoms. The van der Waals surface area contributed by atoms with Crippen molar-refractivity contribution >= 4 is 65.2 Å². The molecule has 0 aromatic rings. The van der Waals surface area contributed by atoms with Crippen molar-refractivity contribution in [1.29, 1.82) is 0 Å². The van der Waals surface area contributed by atoms with Gasteiger partial charge in [-0.25, -0.2) is 0 Å². The SMILES string of the molecule is C[C@H](N)C(=O)N1CCC[C@H]1C(=O)NCC(=O)N[C@@H](CCC(=O)O)C(=O)N[C@@H](C)C(=O)N[C@@H](CCCN=C(N)N)C(=O)N[C@@H](CCCCN)C(=O)N[C@@H](C)C(=O)N[C@@H](C)C(=O)O. The number of nitrogens with two attached hydrogens (primary N) is 4. The summed E-state index contributed by atoms with van der Waals surface area (Å²) in [6.07, 6.45) is 0.907. The minimum Gasteiger partial charge on any atom is -0.481 e. The van der Waals surface area contributed by atoms with E-state index in [-0.39, 0.29) is 38.3 Å². The van der Waals surface area contributed by atoms with Gasteiger partial charge in [-0.15, -0.1) is 0 Å². The second-order valence-corrected chi connectivity index (χ2v) is 14.6. The Kier molecular flexibility index (Phi) is 23.3. The van der Waals surface area contributed by atoms with Gasteiger partial charge in [0.25, 0.3) is 0 Å². The van der Waals surface area contributed by atoms with Crippen molar-refractivity contribution in [2.45, 2.75) is 134 Å². The minimum atomic E-state index is -1.48. The first-order chi connectivity index (χ1) is 28.6. The van der Waals surface area contributed by atoms with Gasteiger partial charge in [-0.1, -0.05) is 0 Å². The van der Waals surface area contributed by atoms with Gasteiger partial charge in [0.2, 0.25) is 47.3 Å². The lowest BCUT2D eigenvalue weighted by Gasteiger charge is -2.26. The molecule has 0 aromatic carbocycles. The minimum absolute atomic E-state index is 0.0471. The maximum Gasteiger partial charge on any atom is 0.325 e. The number of nitrogens with one attached hydrogen (secondary N) is 7. The Hall–Kier alpha value is -6.11. The number of nitrogens with zero attached hydrogens (tertiary/aromatic N) is 2. The summed E-state index contributed by atoms with van der Waals surface area (Å²) in [4.78, 5) is 132. The molecule has 8 amide bonds. The molecule has 61 heavy (non-hydrogen) atoms. The molecule has 1 rings (SSSR count). The van der Waals surface area contributed by atoms with E-state index < -0.39 is 127 Å². The quantitative estimate of drug-likeness (QED) is 0.0208. The number of likely N-dealkylation sites (tertiary alicyclic amines) is 1. The van der Waals surface area contributed by atoms with Gasteiger partial charge in [-0.2, -0.15) is 0 Å². The molecule has 25 heteroatoms. The van der Waals surface area contributed by atoms with Gasteiger partial charge < -0.3 is 75.3 Å². The van der Waals surface area contributed by atoms with Crippen molar-refractivity contribution in [3.63, 3.8) is 0 Å². The molecule has 1 aliphatic heterocycles. The third kappa shape index (κ3) is 19.7. The van der Waals surface area contributed by atoms with Crippen LogP contribution in [0.25, 0.3) is 0 Å². The van der Waals surface area contributed by atoms with Crippen molar-refractivity contribution in [1.82, 2.24) is 42.1 Å². The molecule has 0 saturated carbocycles. The van der Waals surface area contributed by atoms with Gasteiger partial charge in [0.1, 0.15) is 42.3 Å². The fourth-order valence-corrected chi connectivity index (χ4v) is 5.89. The number of guanidine groups is 1. The van der Waals surface area contributed by atoms with E-state index >= 15 is 0 Å². The molecule has 0 bridgehead atoms. The van der Waals surface area contributed by atoms with E-state index in [1.807, 2.05) is 0 Å². The smallest absolute Gasteiger partial charge is 0.325 e. The Morgan fingerprint density at radius 1 is 0.689 bits per heavy atom. The number of rotatable bonds is 27. The van der Waals surface area contributed by atoms with Crippen LogP contribution in [0.2, 0.25) is 0 Å². The van der Waals surface area contributed by atoms with E-state index in [0.29, 0.717) is 32.2 Å². The van der Waals surface area contributed by atoms with Gasteiger partial charge in [0, 0.05) is 19.5 Å². The highest BCUT2D eigenvalue weighted by molar-refractivity contribution is 5.97. The topological polar surface area (TPSA) is 415 Å². The Morgan fingerprint density at radius 2 is 1.20 bits per heavy atom. The van der Waals surface area contributed by atoms with Crippen LogP contribution >= 0.6 is 0 Å². The van der Waals surface area contributed by atoms with Crippen LogP contribution in [0.4, 0.5) is 0 Å². The van der Waals surface area contributed by atoms with Crippen LogP contribution in [0.1, 0.15) is 85.5 Å². The number of carbonyl (C=O) groups is 10. The summed E-state index contributed by atoms with van der Waals surface area (Å²) in [6.45, 7) is 5.30. The van der Waals surface area contributed by atoms with Gasteiger partial charge in [0.15, 0.2) is 5.96 Å². The summed E-state index contributed by atoms with van der Waals surface area (Å²) in [5.41, 5.74) is 22.1. The highest BCUT2D eigenvalue weighted by Crippen LogP contribution is 2.18. The first-order valence-electron chi connectivity index (χ1n) is 19.9. The molecule has 1 aliphatic rings. The average Bonchev–Trinajstić information content (AvgIpc) is 3.68. The lowest BCUT2D eigenvalue weighted by atomic mass is 10.1. The largest absolute Gasteiger partial charge is 0.481 e. The van der Waals surface area contributed by atoms with E-state index in [1.165, 1.54) is 32.6 Å². The standard InChI is InChI=1S/C36H63N13O12/c1-18(38)34(59)49-16-8-11-25(49)33(58)42-17-26(50)46-24(12-13-27(51)52)31(56)44-20(3)29(54)47-23(10-7-15-41-36(39)40)32(57)48-22(9-5-6-14-37)30(55)43-19(2)28(53)45-21(4)35(60)61/h18-25H,5-17,37-38H2,1-4H3,(H,42,58)(H,43,55)(H,44,56)(H,45,53)(H,46,50)(H,47,54)(H,48,57)(H,51,52)(H,60,61)(H4,39,40,41)/t18-,19-,20-,21-,22-,23-,24-,25-/m0/s1. The highest BCUT2D eigenvalue weighted by atomic mass is 16.4. The normalized spacial score (nSPS) is 16.8. The molecule has 0 radical (unpaired) electrons. The summed E-state index contributed by atoms with van der Waals surface area (Å²) in [5.74, 6) is -9.01. The second kappa shape index (κ2) is 26.9. The summed E-state index contributed by atoms with van der Waals surface area (Å²) in [6, 6.07) is -9.59. The van der Waals surface area contributed by atoms with E-state index in [0.717, 1.165) is 0 Å². The van der Waals surface area contributed by atoms with Crippen LogP contribution in [0, 0.1) is 0 Å². The average molecular weight is 870 g/mol. The highest BCUT2D eigenvalue weighted by Gasteiger charge is 2.36. The van der Waals surface area contributed by atoms with Crippen LogP contribution in [0.5, 0.6) is 0 Å². The predicted octanol–water partition coefficient (Wildman–Crippen LogP) is -5.46. The van der Waals surface area contributed by atoms with Gasteiger partial charge in [-0.3, -0.25) is 52.9 Å². The maximum absolute atomic E-state index is 13.7. The molecule has 344 valence electrons. The van der Waals surface area contributed by atoms with Crippen LogP contribution < -0.4 is 60.2 Å². The number of unbranched alkanes of at least 4 members (excludes halogenated alkanes) is 1. The van der Waals surface area contributed by atoms with Crippen molar-refractivity contribution in [3.8, 4) is 0 Å². The Bertz CT molecular complexity index is 1610. The lowest BCUT2D eigenvalue weighted by molar-refractivity contribution is -0.141. The number of amides is 8. The summed E-state index contributed by atoms with van der Waals surface area (Å²) < 4.78 is 0. The molecule has 1 fully saturated rings. The number of aliphatic imine (C=N–C) groups is 1. The number of carbonyl (C=O) groups excluding carboxylic acids is 8. The van der Waals surface area contributed by atoms with Crippen LogP contribution in [0.3, 0.4) is 0 Å². The van der Waals surface area contributed by atoms with E-state index in [4.69, 9.17) is 28.0 Å². The molecular formula is C36H63N13O12. The second-order valence-electron chi connectivity index (χ2n) is 14.6. The van der Waals surface area contributed by atoms with E-state index in [9.17, 15) is 53.1 Å². The zero-order chi connectivity index (χ0) is 46.4. The van der Waals surface area contributed by atoms with E-state index in [2.05, 4.69) is 42.2 Å². The Balaban J connectivity index is 3.11. The van der Waals surface area contributed by atoms with Crippen LogP contribution in [-0.4, -0.2) is 155 Å². The summed E-state index contributed by atoms with van der Waals surface area (Å²) >= 11 is 0. The monoisotopic (exact) mass is 869 g/mol. The van der Waals surface area contributed by atoms with Crippen molar-refractivity contribution in [3.05, 3.63) is 0 Å². The fraction of sp³-hybridized carbons (Fsp3) is 0.694. The molecule has 1 heterocycles. The fourth-order valence-electron chi connectivity index (χ4n) is 5.89. The van der Waals surface area contributed by atoms with Crippen LogP contribution in [-0.2, 0) is 47.9 Å². The molecule has 0 aromatic heterocycles. The van der Waals surface area contributed by atoms with E-state index in [1.54, 1.807) is 0 Å².